The Morgan fingerprint density at radius 1 is 0.714 bits per heavy atom. The fourth-order valence-electron chi connectivity index (χ4n) is 7.11. The largest absolute Gasteiger partial charge is 2.00 e. The second kappa shape index (κ2) is 11.9. The van der Waals surface area contributed by atoms with E-state index in [0.29, 0.717) is 6.42 Å². The standard InChI is InChI=1S/C35H39N4O2.Zn/c1-7-18-19(8-2)27-15-30-23(12-6)33-32(41)13-24(35(33)39-30)34-22(11-5)20(9-3)29(38-34)16-31-25(17-40)21(10-4)28(37-31)14-26(18)36-27;/h14-16,40H,7-13,17H2,1-6H3,(H-,36,37,38,39,41);/q-1;+2/p-1. The summed E-state index contributed by atoms with van der Waals surface area (Å²) in [5, 5.41) is 25.8. The van der Waals surface area contributed by atoms with Crippen molar-refractivity contribution in [2.45, 2.75) is 86.5 Å². The maximum absolute atomic E-state index is 13.5. The van der Waals surface area contributed by atoms with Crippen molar-refractivity contribution in [3.63, 3.8) is 0 Å². The predicted octanol–water partition coefficient (Wildman–Crippen LogP) is 4.34. The van der Waals surface area contributed by atoms with Crippen LogP contribution in [-0.4, -0.2) is 28.8 Å². The van der Waals surface area contributed by atoms with Gasteiger partial charge in [0.1, 0.15) is 0 Å². The fraction of sp³-hybridized carbons (Fsp3) is 0.400. The zero-order valence-corrected chi connectivity index (χ0v) is 28.7. The summed E-state index contributed by atoms with van der Waals surface area (Å²) < 4.78 is 0. The van der Waals surface area contributed by atoms with Crippen molar-refractivity contribution < 1.29 is 29.7 Å². The number of hydrogen-bond donors (Lipinski definition) is 1. The van der Waals surface area contributed by atoms with Crippen LogP contribution in [0.5, 0.6) is 0 Å². The Bertz CT molecular complexity index is 1800. The number of rotatable bonds is 7. The number of hydrogen-bond acceptors (Lipinski definition) is 5. The van der Waals surface area contributed by atoms with E-state index < -0.39 is 0 Å². The second-order valence-corrected chi connectivity index (χ2v) is 11.0. The van der Waals surface area contributed by atoms with Crippen molar-refractivity contribution in [1.29, 1.82) is 0 Å². The topological polar surface area (TPSA) is 94.5 Å². The molecule has 1 N–H and O–H groups in total. The van der Waals surface area contributed by atoms with Gasteiger partial charge >= 0.3 is 19.5 Å². The molecule has 6 nitrogen and oxygen atoms in total. The van der Waals surface area contributed by atoms with E-state index in [1.807, 2.05) is 6.08 Å². The number of aliphatic hydroxyl groups excluding tert-OH is 1. The van der Waals surface area contributed by atoms with Crippen molar-refractivity contribution in [3.05, 3.63) is 90.3 Å². The Kier molecular flexibility index (Phi) is 8.56. The monoisotopic (exact) mass is 610 g/mol. The third-order valence-corrected chi connectivity index (χ3v) is 9.01. The first-order chi connectivity index (χ1) is 19.9. The van der Waals surface area contributed by atoms with Crippen LogP contribution in [0.3, 0.4) is 0 Å². The third-order valence-electron chi connectivity index (χ3n) is 9.01. The molecule has 0 fully saturated rings. The second-order valence-electron chi connectivity index (χ2n) is 11.0. The summed E-state index contributed by atoms with van der Waals surface area (Å²) in [5.74, 6) is 0.126. The Morgan fingerprint density at radius 2 is 1.31 bits per heavy atom. The summed E-state index contributed by atoms with van der Waals surface area (Å²) in [6.07, 6.45) is 11.4. The van der Waals surface area contributed by atoms with Crippen LogP contribution in [0.1, 0.15) is 84.8 Å². The van der Waals surface area contributed by atoms with Crippen LogP contribution in [0, 0.1) is 0 Å². The minimum absolute atomic E-state index is 0. The third kappa shape index (κ3) is 4.48. The number of aromatic nitrogens is 1. The average molecular weight is 612 g/mol. The molecule has 5 heterocycles. The van der Waals surface area contributed by atoms with Crippen LogP contribution in [-0.2, 0) is 32.3 Å². The van der Waals surface area contributed by atoms with Crippen LogP contribution < -0.4 is 20.8 Å². The molecule has 7 heteroatoms. The summed E-state index contributed by atoms with van der Waals surface area (Å²) in [6, 6.07) is 0. The van der Waals surface area contributed by atoms with Gasteiger partial charge in [0.15, 0.2) is 0 Å². The Morgan fingerprint density at radius 3 is 1.90 bits per heavy atom. The first-order valence-electron chi connectivity index (χ1n) is 15.2. The molecule has 0 unspecified atom stereocenters. The first-order valence-corrected chi connectivity index (χ1v) is 15.2. The molecule has 6 rings (SSSR count). The molecule has 1 aromatic rings. The van der Waals surface area contributed by atoms with Crippen LogP contribution in [0.4, 0.5) is 0 Å². The van der Waals surface area contributed by atoms with Crippen LogP contribution in [0.25, 0.3) is 11.6 Å². The molecule has 1 aliphatic carbocycles. The number of nitrogens with zero attached hydrogens (tertiary/aromatic N) is 4. The van der Waals surface area contributed by atoms with Gasteiger partial charge in [0.2, 0.25) is 0 Å². The molecule has 0 aromatic carbocycles. The molecule has 0 radical (unpaired) electrons. The minimum atomic E-state index is -0.0885. The van der Waals surface area contributed by atoms with Gasteiger partial charge in [-0.3, -0.25) is 0 Å². The van der Waals surface area contributed by atoms with Crippen molar-refractivity contribution in [2.75, 3.05) is 6.61 Å². The molecule has 0 amide bonds. The van der Waals surface area contributed by atoms with E-state index in [-0.39, 0.29) is 31.8 Å². The molecule has 8 bridgehead atoms. The van der Waals surface area contributed by atoms with Crippen molar-refractivity contribution in [1.82, 2.24) is 4.98 Å². The van der Waals surface area contributed by atoms with Gasteiger partial charge in [-0.25, -0.2) is 15.0 Å². The van der Waals surface area contributed by atoms with E-state index >= 15 is 0 Å². The summed E-state index contributed by atoms with van der Waals surface area (Å²) in [7, 11) is 0. The van der Waals surface area contributed by atoms with Gasteiger partial charge < -0.3 is 15.2 Å². The number of aliphatic hydroxyl groups is 1. The molecule has 0 atom stereocenters. The molecule has 1 aromatic heterocycles. The number of aliphatic imine (C=N–C) groups is 3. The zero-order chi connectivity index (χ0) is 29.0. The fourth-order valence-corrected chi connectivity index (χ4v) is 7.11. The van der Waals surface area contributed by atoms with Gasteiger partial charge in [-0.1, -0.05) is 58.7 Å². The maximum Gasteiger partial charge on any atom is 2.00 e. The summed E-state index contributed by atoms with van der Waals surface area (Å²) in [5.41, 5.74) is 14.5. The molecule has 212 valence electrons. The van der Waals surface area contributed by atoms with E-state index in [1.54, 1.807) is 0 Å². The number of fused-ring (bicyclic) bond motifs is 5. The van der Waals surface area contributed by atoms with Crippen LogP contribution in [0.2, 0.25) is 0 Å². The van der Waals surface area contributed by atoms with E-state index in [0.717, 1.165) is 111 Å². The molecule has 0 saturated carbocycles. The van der Waals surface area contributed by atoms with Gasteiger partial charge in [-0.05, 0) is 90.5 Å². The van der Waals surface area contributed by atoms with E-state index in [1.165, 1.54) is 22.3 Å². The summed E-state index contributed by atoms with van der Waals surface area (Å²) >= 11 is 0. The quantitative estimate of drug-likeness (QED) is 0.465. The molecule has 5 aliphatic rings. The van der Waals surface area contributed by atoms with Crippen LogP contribution >= 0.6 is 0 Å². The summed E-state index contributed by atoms with van der Waals surface area (Å²) in [6.45, 7) is 12.8. The number of allylic oxidation sites excluding steroid dienone is 8. The first kappa shape index (κ1) is 30.3. The average Bonchev–Trinajstić information content (AvgIpc) is 3.75. The van der Waals surface area contributed by atoms with Gasteiger partial charge in [0.05, 0.1) is 40.8 Å². The van der Waals surface area contributed by atoms with Crippen LogP contribution in [0.15, 0.2) is 83.4 Å². The van der Waals surface area contributed by atoms with Gasteiger partial charge in [0.25, 0.3) is 0 Å². The molecule has 0 spiro atoms. The molecule has 42 heavy (non-hydrogen) atoms. The predicted molar refractivity (Wildman–Crippen MR) is 165 cm³/mol. The van der Waals surface area contributed by atoms with Gasteiger partial charge in [-0.15, -0.1) is 16.5 Å². The Hall–Kier alpha value is -3.15. The Balaban J connectivity index is 0.00000353. The Labute approximate surface area is 261 Å². The molecule has 4 aliphatic heterocycles. The van der Waals surface area contributed by atoms with E-state index in [9.17, 15) is 10.2 Å². The van der Waals surface area contributed by atoms with Gasteiger partial charge in [-0.2, -0.15) is 0 Å². The zero-order valence-electron chi connectivity index (χ0n) is 25.7. The van der Waals surface area contributed by atoms with Crippen molar-refractivity contribution >= 4 is 28.8 Å². The SMILES string of the molecule is CCC1=C2C=C3N=C(C=C4N=C(C=c5[n-]c(c(CC)c5CC)=C5CC([O-])=C1C5=N2)C(CO)=C4CC)C(CC)=C3CC.[Zn+2]. The van der Waals surface area contributed by atoms with Gasteiger partial charge in [0, 0.05) is 5.57 Å². The maximum atomic E-state index is 13.5. The molecular formula is C35H38N4O2Zn. The van der Waals surface area contributed by atoms with Crippen molar-refractivity contribution in [3.8, 4) is 0 Å². The minimum Gasteiger partial charge on any atom is -0.875 e. The molecular weight excluding hydrogens is 574 g/mol. The smallest absolute Gasteiger partial charge is 0.875 e. The normalized spacial score (nSPS) is 19.3. The van der Waals surface area contributed by atoms with Crippen molar-refractivity contribution in [2.24, 2.45) is 15.0 Å². The van der Waals surface area contributed by atoms with E-state index in [2.05, 4.69) is 53.7 Å². The summed E-state index contributed by atoms with van der Waals surface area (Å²) in [4.78, 5) is 20.5. The molecule has 0 saturated heterocycles. The van der Waals surface area contributed by atoms with E-state index in [4.69, 9.17) is 20.0 Å².